The molecule has 6 nitrogen and oxygen atoms in total. The SMILES string of the molecule is COc1ccc2c(c1)CC(NC(=O)NCCCN(C)Cc1ccccc1)CO2. The lowest BCUT2D eigenvalue weighted by molar-refractivity contribution is 0.213. The lowest BCUT2D eigenvalue weighted by Crippen LogP contribution is -2.47. The molecule has 0 spiro atoms. The summed E-state index contributed by atoms with van der Waals surface area (Å²) in [5, 5.41) is 5.93. The van der Waals surface area contributed by atoms with Crippen molar-refractivity contribution in [3.63, 3.8) is 0 Å². The Hall–Kier alpha value is -2.73. The molecule has 1 heterocycles. The van der Waals surface area contributed by atoms with E-state index in [1.54, 1.807) is 7.11 Å². The second-order valence-electron chi connectivity index (χ2n) is 7.16. The fourth-order valence-corrected chi connectivity index (χ4v) is 3.35. The van der Waals surface area contributed by atoms with E-state index >= 15 is 0 Å². The molecule has 28 heavy (non-hydrogen) atoms. The summed E-state index contributed by atoms with van der Waals surface area (Å²) in [7, 11) is 3.74. The van der Waals surface area contributed by atoms with Crippen LogP contribution in [0.25, 0.3) is 0 Å². The molecule has 1 aliphatic heterocycles. The number of benzene rings is 2. The van der Waals surface area contributed by atoms with Gasteiger partial charge in [0.2, 0.25) is 0 Å². The molecule has 0 radical (unpaired) electrons. The van der Waals surface area contributed by atoms with Crippen LogP contribution in [-0.4, -0.2) is 50.8 Å². The zero-order chi connectivity index (χ0) is 19.8. The molecule has 0 saturated carbocycles. The van der Waals surface area contributed by atoms with E-state index < -0.39 is 0 Å². The van der Waals surface area contributed by atoms with E-state index in [1.807, 2.05) is 24.3 Å². The van der Waals surface area contributed by atoms with Crippen LogP contribution in [0.3, 0.4) is 0 Å². The summed E-state index contributed by atoms with van der Waals surface area (Å²) in [5.74, 6) is 1.66. The number of hydrogen-bond donors (Lipinski definition) is 2. The van der Waals surface area contributed by atoms with Crippen LogP contribution in [-0.2, 0) is 13.0 Å². The van der Waals surface area contributed by atoms with Crippen molar-refractivity contribution in [3.8, 4) is 11.5 Å². The Balaban J connectivity index is 1.34. The Labute approximate surface area is 166 Å². The molecule has 6 heteroatoms. The number of nitrogens with one attached hydrogen (secondary N) is 2. The molecule has 0 aliphatic carbocycles. The fourth-order valence-electron chi connectivity index (χ4n) is 3.35. The van der Waals surface area contributed by atoms with Crippen molar-refractivity contribution in [1.82, 2.24) is 15.5 Å². The van der Waals surface area contributed by atoms with E-state index in [9.17, 15) is 4.79 Å². The topological polar surface area (TPSA) is 62.8 Å². The first-order chi connectivity index (χ1) is 13.6. The van der Waals surface area contributed by atoms with Crippen LogP contribution in [0.1, 0.15) is 17.5 Å². The molecule has 1 atom stereocenters. The number of rotatable bonds is 8. The van der Waals surface area contributed by atoms with E-state index in [0.717, 1.165) is 43.0 Å². The van der Waals surface area contributed by atoms with Crippen LogP contribution in [0.2, 0.25) is 0 Å². The van der Waals surface area contributed by atoms with Gasteiger partial charge in [-0.2, -0.15) is 0 Å². The molecule has 150 valence electrons. The van der Waals surface area contributed by atoms with Crippen molar-refractivity contribution < 1.29 is 14.3 Å². The molecule has 1 unspecified atom stereocenters. The van der Waals surface area contributed by atoms with Crippen LogP contribution in [0, 0.1) is 0 Å². The van der Waals surface area contributed by atoms with Crippen LogP contribution >= 0.6 is 0 Å². The third-order valence-corrected chi connectivity index (χ3v) is 4.81. The first kappa shape index (κ1) is 20.0. The third kappa shape index (κ3) is 5.89. The molecular formula is C22H29N3O3. The Morgan fingerprint density at radius 1 is 1.25 bits per heavy atom. The van der Waals surface area contributed by atoms with Crippen LogP contribution in [0.4, 0.5) is 4.79 Å². The van der Waals surface area contributed by atoms with Gasteiger partial charge in [-0.25, -0.2) is 4.79 Å². The highest BCUT2D eigenvalue weighted by atomic mass is 16.5. The number of carbonyl (C=O) groups excluding carboxylic acids is 1. The van der Waals surface area contributed by atoms with Gasteiger partial charge in [-0.15, -0.1) is 0 Å². The summed E-state index contributed by atoms with van der Waals surface area (Å²) in [6, 6.07) is 16.0. The Morgan fingerprint density at radius 3 is 2.86 bits per heavy atom. The molecule has 2 aromatic rings. The number of nitrogens with zero attached hydrogens (tertiary/aromatic N) is 1. The highest BCUT2D eigenvalue weighted by molar-refractivity contribution is 5.74. The zero-order valence-electron chi connectivity index (χ0n) is 16.6. The van der Waals surface area contributed by atoms with Crippen molar-refractivity contribution in [2.45, 2.75) is 25.4 Å². The lowest BCUT2D eigenvalue weighted by Gasteiger charge is -2.26. The number of carbonyl (C=O) groups is 1. The lowest BCUT2D eigenvalue weighted by atomic mass is 10.0. The normalized spacial score (nSPS) is 15.5. The largest absolute Gasteiger partial charge is 0.497 e. The number of ether oxygens (including phenoxy) is 2. The van der Waals surface area contributed by atoms with Crippen molar-refractivity contribution >= 4 is 6.03 Å². The van der Waals surface area contributed by atoms with Crippen molar-refractivity contribution in [3.05, 3.63) is 59.7 Å². The molecule has 1 aliphatic rings. The maximum atomic E-state index is 12.2. The van der Waals surface area contributed by atoms with Gasteiger partial charge in [-0.05, 0) is 55.8 Å². The maximum Gasteiger partial charge on any atom is 0.315 e. The van der Waals surface area contributed by atoms with Crippen molar-refractivity contribution in [1.29, 1.82) is 0 Å². The van der Waals surface area contributed by atoms with Crippen LogP contribution < -0.4 is 20.1 Å². The van der Waals surface area contributed by atoms with Gasteiger partial charge < -0.3 is 25.0 Å². The van der Waals surface area contributed by atoms with Gasteiger partial charge in [0.25, 0.3) is 0 Å². The van der Waals surface area contributed by atoms with Gasteiger partial charge in [0, 0.05) is 13.1 Å². The third-order valence-electron chi connectivity index (χ3n) is 4.81. The second kappa shape index (κ2) is 9.99. The molecule has 0 saturated heterocycles. The highest BCUT2D eigenvalue weighted by Gasteiger charge is 2.21. The molecule has 2 aromatic carbocycles. The number of fused-ring (bicyclic) bond motifs is 1. The van der Waals surface area contributed by atoms with Gasteiger partial charge >= 0.3 is 6.03 Å². The van der Waals surface area contributed by atoms with E-state index in [-0.39, 0.29) is 12.1 Å². The second-order valence-corrected chi connectivity index (χ2v) is 7.16. The van der Waals surface area contributed by atoms with Crippen molar-refractivity contribution in [2.75, 3.05) is 33.9 Å². The average molecular weight is 383 g/mol. The quantitative estimate of drug-likeness (QED) is 0.688. The van der Waals surface area contributed by atoms with Gasteiger partial charge in [0.05, 0.1) is 13.2 Å². The van der Waals surface area contributed by atoms with E-state index in [0.29, 0.717) is 13.2 Å². The minimum Gasteiger partial charge on any atom is -0.497 e. The Morgan fingerprint density at radius 2 is 2.07 bits per heavy atom. The predicted molar refractivity (Wildman–Crippen MR) is 110 cm³/mol. The van der Waals surface area contributed by atoms with Gasteiger partial charge in [0.1, 0.15) is 18.1 Å². The minimum absolute atomic E-state index is 0.0413. The number of amides is 2. The number of hydrogen-bond acceptors (Lipinski definition) is 4. The Kier molecular flexibility index (Phi) is 7.14. The summed E-state index contributed by atoms with van der Waals surface area (Å²) in [6.07, 6.45) is 1.64. The number of urea groups is 1. The molecule has 0 bridgehead atoms. The molecule has 2 amide bonds. The van der Waals surface area contributed by atoms with Gasteiger partial charge in [-0.3, -0.25) is 0 Å². The highest BCUT2D eigenvalue weighted by Crippen LogP contribution is 2.28. The fraction of sp³-hybridized carbons (Fsp3) is 0.409. The smallest absolute Gasteiger partial charge is 0.315 e. The standard InChI is InChI=1S/C22H29N3O3/c1-25(15-17-7-4-3-5-8-17)12-6-11-23-22(26)24-19-13-18-14-20(27-2)9-10-21(18)28-16-19/h3-5,7-10,14,19H,6,11-13,15-16H2,1-2H3,(H2,23,24,26). The average Bonchev–Trinajstić information content (AvgIpc) is 2.71. The molecular weight excluding hydrogens is 354 g/mol. The summed E-state index contributed by atoms with van der Waals surface area (Å²) >= 11 is 0. The van der Waals surface area contributed by atoms with E-state index in [2.05, 4.69) is 46.8 Å². The molecule has 0 aromatic heterocycles. The minimum atomic E-state index is -0.148. The van der Waals surface area contributed by atoms with Crippen molar-refractivity contribution in [2.24, 2.45) is 0 Å². The summed E-state index contributed by atoms with van der Waals surface area (Å²) in [5.41, 5.74) is 2.35. The van der Waals surface area contributed by atoms with E-state index in [1.165, 1.54) is 5.56 Å². The first-order valence-electron chi connectivity index (χ1n) is 9.70. The van der Waals surface area contributed by atoms with Gasteiger partial charge in [-0.1, -0.05) is 30.3 Å². The van der Waals surface area contributed by atoms with Gasteiger partial charge in [0.15, 0.2) is 0 Å². The van der Waals surface area contributed by atoms with Crippen LogP contribution in [0.15, 0.2) is 48.5 Å². The monoisotopic (exact) mass is 383 g/mol. The summed E-state index contributed by atoms with van der Waals surface area (Å²) in [4.78, 5) is 14.4. The summed E-state index contributed by atoms with van der Waals surface area (Å²) in [6.45, 7) is 2.96. The first-order valence-corrected chi connectivity index (χ1v) is 9.70. The Bertz CT molecular complexity index is 767. The maximum absolute atomic E-state index is 12.2. The zero-order valence-corrected chi connectivity index (χ0v) is 16.6. The molecule has 2 N–H and O–H groups in total. The van der Waals surface area contributed by atoms with E-state index in [4.69, 9.17) is 9.47 Å². The molecule has 0 fully saturated rings. The number of methoxy groups -OCH3 is 1. The predicted octanol–water partition coefficient (Wildman–Crippen LogP) is 2.82. The van der Waals surface area contributed by atoms with Crippen LogP contribution in [0.5, 0.6) is 11.5 Å². The summed E-state index contributed by atoms with van der Waals surface area (Å²) < 4.78 is 11.0. The molecule has 3 rings (SSSR count).